The number of amides is 1. The van der Waals surface area contributed by atoms with Gasteiger partial charge >= 0.3 is 0 Å². The molecular weight excluding hydrogens is 324 g/mol. The first-order chi connectivity index (χ1) is 11.5. The number of nitrogens with zero attached hydrogens (tertiary/aromatic N) is 1. The lowest BCUT2D eigenvalue weighted by Crippen LogP contribution is -2.35. The van der Waals surface area contributed by atoms with Crippen LogP contribution >= 0.6 is 11.6 Å². The van der Waals surface area contributed by atoms with Crippen LogP contribution in [0.3, 0.4) is 0 Å². The van der Waals surface area contributed by atoms with Gasteiger partial charge in [0.2, 0.25) is 0 Å². The van der Waals surface area contributed by atoms with Crippen LogP contribution in [-0.4, -0.2) is 31.0 Å². The highest BCUT2D eigenvalue weighted by molar-refractivity contribution is 6.32. The maximum Gasteiger partial charge on any atom is 0.261 e. The lowest BCUT2D eigenvalue weighted by Gasteiger charge is -2.16. The summed E-state index contributed by atoms with van der Waals surface area (Å²) in [5, 5.41) is 3.38. The normalized spacial score (nSPS) is 12.0. The minimum atomic E-state index is -0.613. The van der Waals surface area contributed by atoms with Crippen molar-refractivity contribution < 1.29 is 9.53 Å². The fourth-order valence-electron chi connectivity index (χ4n) is 2.24. The summed E-state index contributed by atoms with van der Waals surface area (Å²) in [7, 11) is 4.07. The molecular formula is C19H23ClN2O2. The summed E-state index contributed by atoms with van der Waals surface area (Å²) in [5.74, 6) is 0.335. The van der Waals surface area contributed by atoms with Gasteiger partial charge in [-0.1, -0.05) is 48.0 Å². The smallest absolute Gasteiger partial charge is 0.261 e. The Morgan fingerprint density at radius 1 is 1.12 bits per heavy atom. The Bertz CT molecular complexity index is 671. The van der Waals surface area contributed by atoms with Crippen LogP contribution < -0.4 is 10.1 Å². The largest absolute Gasteiger partial charge is 0.479 e. The van der Waals surface area contributed by atoms with Crippen LogP contribution in [0.5, 0.6) is 5.75 Å². The summed E-state index contributed by atoms with van der Waals surface area (Å²) in [5.41, 5.74) is 2.29. The van der Waals surface area contributed by atoms with Crippen LogP contribution in [0.25, 0.3) is 0 Å². The molecule has 1 N–H and O–H groups in total. The molecule has 0 aliphatic heterocycles. The van der Waals surface area contributed by atoms with Crippen molar-refractivity contribution in [1.82, 2.24) is 10.2 Å². The first kappa shape index (κ1) is 18.3. The molecule has 2 aromatic rings. The Morgan fingerprint density at radius 2 is 1.75 bits per heavy atom. The topological polar surface area (TPSA) is 41.6 Å². The number of carbonyl (C=O) groups is 1. The fourth-order valence-corrected chi connectivity index (χ4v) is 2.43. The van der Waals surface area contributed by atoms with Crippen LogP contribution in [0, 0.1) is 0 Å². The van der Waals surface area contributed by atoms with Crippen LogP contribution in [-0.2, 0) is 17.9 Å². The van der Waals surface area contributed by atoms with Crippen molar-refractivity contribution in [2.24, 2.45) is 0 Å². The molecule has 0 aliphatic rings. The average molecular weight is 347 g/mol. The predicted octanol–water partition coefficient (Wildman–Crippen LogP) is 3.49. The predicted molar refractivity (Wildman–Crippen MR) is 97.2 cm³/mol. The Hall–Kier alpha value is -2.04. The van der Waals surface area contributed by atoms with Crippen LogP contribution in [0.15, 0.2) is 48.5 Å². The fraction of sp³-hybridized carbons (Fsp3) is 0.316. The monoisotopic (exact) mass is 346 g/mol. The van der Waals surface area contributed by atoms with E-state index in [1.54, 1.807) is 19.1 Å². The molecule has 0 spiro atoms. The molecule has 0 fully saturated rings. The van der Waals surface area contributed by atoms with Crippen molar-refractivity contribution in [1.29, 1.82) is 0 Å². The van der Waals surface area contributed by atoms with Gasteiger partial charge < -0.3 is 15.0 Å². The standard InChI is InChI=1S/C19H23ClN2O2/c1-14(24-18-7-5-4-6-17(18)20)19(23)21-12-15-8-10-16(11-9-15)13-22(2)3/h4-11,14H,12-13H2,1-3H3,(H,21,23). The van der Waals surface area contributed by atoms with Crippen molar-refractivity contribution in [3.8, 4) is 5.75 Å². The highest BCUT2D eigenvalue weighted by Gasteiger charge is 2.15. The first-order valence-corrected chi connectivity index (χ1v) is 8.25. The summed E-state index contributed by atoms with van der Waals surface area (Å²) >= 11 is 6.04. The molecule has 1 atom stereocenters. The van der Waals surface area contributed by atoms with E-state index in [9.17, 15) is 4.79 Å². The van der Waals surface area contributed by atoms with E-state index in [4.69, 9.17) is 16.3 Å². The van der Waals surface area contributed by atoms with Crippen LogP contribution in [0.1, 0.15) is 18.1 Å². The van der Waals surface area contributed by atoms with Crippen molar-refractivity contribution in [2.75, 3.05) is 14.1 Å². The number of carbonyl (C=O) groups excluding carboxylic acids is 1. The summed E-state index contributed by atoms with van der Waals surface area (Å²) in [6.07, 6.45) is -0.613. The molecule has 0 saturated carbocycles. The molecule has 0 saturated heterocycles. The molecule has 0 radical (unpaired) electrons. The van der Waals surface area contributed by atoms with E-state index in [-0.39, 0.29) is 5.91 Å². The molecule has 2 rings (SSSR count). The van der Waals surface area contributed by atoms with Gasteiger partial charge in [-0.25, -0.2) is 0 Å². The molecule has 128 valence electrons. The minimum absolute atomic E-state index is 0.174. The van der Waals surface area contributed by atoms with Crippen molar-refractivity contribution >= 4 is 17.5 Å². The van der Waals surface area contributed by atoms with Gasteiger partial charge in [-0.15, -0.1) is 0 Å². The molecule has 24 heavy (non-hydrogen) atoms. The Balaban J connectivity index is 1.85. The second kappa shape index (κ2) is 8.71. The quantitative estimate of drug-likeness (QED) is 0.834. The van der Waals surface area contributed by atoms with Gasteiger partial charge in [0, 0.05) is 13.1 Å². The third-order valence-electron chi connectivity index (χ3n) is 3.50. The first-order valence-electron chi connectivity index (χ1n) is 7.87. The van der Waals surface area contributed by atoms with Crippen LogP contribution in [0.4, 0.5) is 0 Å². The number of rotatable bonds is 7. The molecule has 0 heterocycles. The van der Waals surface area contributed by atoms with Gasteiger partial charge in [-0.05, 0) is 44.3 Å². The molecule has 5 heteroatoms. The SMILES string of the molecule is CC(Oc1ccccc1Cl)C(=O)NCc1ccc(CN(C)C)cc1. The molecule has 4 nitrogen and oxygen atoms in total. The number of nitrogens with one attached hydrogen (secondary N) is 1. The van der Waals surface area contributed by atoms with Gasteiger partial charge in [0.1, 0.15) is 5.75 Å². The van der Waals surface area contributed by atoms with E-state index >= 15 is 0 Å². The maximum atomic E-state index is 12.2. The highest BCUT2D eigenvalue weighted by atomic mass is 35.5. The molecule has 1 unspecified atom stereocenters. The second-order valence-electron chi connectivity index (χ2n) is 5.96. The van der Waals surface area contributed by atoms with Crippen molar-refractivity contribution in [3.05, 3.63) is 64.7 Å². The average Bonchev–Trinajstić information content (AvgIpc) is 2.55. The zero-order chi connectivity index (χ0) is 17.5. The zero-order valence-corrected chi connectivity index (χ0v) is 15.0. The van der Waals surface area contributed by atoms with Gasteiger partial charge in [-0.2, -0.15) is 0 Å². The molecule has 0 bridgehead atoms. The molecule has 0 aliphatic carbocycles. The number of hydrogen-bond acceptors (Lipinski definition) is 3. The van der Waals surface area contributed by atoms with E-state index in [1.807, 2.05) is 38.4 Å². The zero-order valence-electron chi connectivity index (χ0n) is 14.3. The third kappa shape index (κ3) is 5.55. The Kier molecular flexibility index (Phi) is 6.64. The second-order valence-corrected chi connectivity index (χ2v) is 6.37. The summed E-state index contributed by atoms with van der Waals surface area (Å²) in [6, 6.07) is 15.3. The summed E-state index contributed by atoms with van der Waals surface area (Å²) in [4.78, 5) is 14.3. The number of halogens is 1. The van der Waals surface area contributed by atoms with Gasteiger partial charge in [0.15, 0.2) is 6.10 Å². The Labute approximate surface area is 148 Å². The number of ether oxygens (including phenoxy) is 1. The van der Waals surface area contributed by atoms with Gasteiger partial charge in [0.05, 0.1) is 5.02 Å². The molecule has 1 amide bonds. The van der Waals surface area contributed by atoms with Gasteiger partial charge in [-0.3, -0.25) is 4.79 Å². The summed E-state index contributed by atoms with van der Waals surface area (Å²) in [6.45, 7) is 3.07. The number of hydrogen-bond donors (Lipinski definition) is 1. The Morgan fingerprint density at radius 3 is 2.38 bits per heavy atom. The van der Waals surface area contributed by atoms with E-state index in [2.05, 4.69) is 22.3 Å². The van der Waals surface area contributed by atoms with E-state index < -0.39 is 6.10 Å². The molecule has 0 aromatic heterocycles. The van der Waals surface area contributed by atoms with Crippen molar-refractivity contribution in [3.63, 3.8) is 0 Å². The van der Waals surface area contributed by atoms with E-state index in [0.29, 0.717) is 17.3 Å². The molecule has 2 aromatic carbocycles. The lowest BCUT2D eigenvalue weighted by atomic mass is 10.1. The minimum Gasteiger partial charge on any atom is -0.479 e. The van der Waals surface area contributed by atoms with Crippen molar-refractivity contribution in [2.45, 2.75) is 26.1 Å². The number of benzene rings is 2. The maximum absolute atomic E-state index is 12.2. The van der Waals surface area contributed by atoms with Crippen LogP contribution in [0.2, 0.25) is 5.02 Å². The highest BCUT2D eigenvalue weighted by Crippen LogP contribution is 2.24. The van der Waals surface area contributed by atoms with E-state index in [1.165, 1.54) is 5.56 Å². The number of para-hydroxylation sites is 1. The van der Waals surface area contributed by atoms with Gasteiger partial charge in [0.25, 0.3) is 5.91 Å². The van der Waals surface area contributed by atoms with E-state index in [0.717, 1.165) is 12.1 Å². The summed E-state index contributed by atoms with van der Waals surface area (Å²) < 4.78 is 5.61. The lowest BCUT2D eigenvalue weighted by molar-refractivity contribution is -0.127. The third-order valence-corrected chi connectivity index (χ3v) is 3.81.